The highest BCUT2D eigenvalue weighted by Crippen LogP contribution is 2.26. The Morgan fingerprint density at radius 3 is 2.73 bits per heavy atom. The van der Waals surface area contributed by atoms with Crippen LogP contribution in [0.1, 0.15) is 5.56 Å². The number of aromatic nitrogens is 1. The van der Waals surface area contributed by atoms with Crippen LogP contribution in [0.2, 0.25) is 0 Å². The number of fused-ring (bicyclic) bond motifs is 3. The van der Waals surface area contributed by atoms with Crippen LogP contribution >= 0.6 is 0 Å². The Morgan fingerprint density at radius 2 is 1.87 bits per heavy atom. The molecule has 71 valence electrons. The van der Waals surface area contributed by atoms with Crippen molar-refractivity contribution in [2.75, 3.05) is 0 Å². The normalized spacial score (nSPS) is 11.3. The SMILES string of the molecule is Cc1ccc([Si])c2[nH]c3ccccc3c12. The fraction of sp³-hybridized carbons (Fsp3) is 0.0769. The lowest BCUT2D eigenvalue weighted by atomic mass is 10.1. The van der Waals surface area contributed by atoms with Gasteiger partial charge in [-0.05, 0) is 23.7 Å². The van der Waals surface area contributed by atoms with Crippen molar-refractivity contribution in [2.24, 2.45) is 0 Å². The molecule has 1 nitrogen and oxygen atoms in total. The third kappa shape index (κ3) is 1.15. The van der Waals surface area contributed by atoms with Gasteiger partial charge in [0.15, 0.2) is 0 Å². The molecule has 0 saturated heterocycles. The largest absolute Gasteiger partial charge is 0.355 e. The lowest BCUT2D eigenvalue weighted by molar-refractivity contribution is 1.52. The van der Waals surface area contributed by atoms with Crippen molar-refractivity contribution >= 4 is 37.2 Å². The van der Waals surface area contributed by atoms with E-state index < -0.39 is 0 Å². The zero-order valence-corrected chi connectivity index (χ0v) is 9.46. The number of hydrogen-bond donors (Lipinski definition) is 1. The molecule has 0 atom stereocenters. The predicted molar refractivity (Wildman–Crippen MR) is 65.9 cm³/mol. The first-order chi connectivity index (χ1) is 7.27. The van der Waals surface area contributed by atoms with Crippen molar-refractivity contribution in [2.45, 2.75) is 6.92 Å². The Kier molecular flexibility index (Phi) is 1.73. The first-order valence-electron chi connectivity index (χ1n) is 4.99. The highest BCUT2D eigenvalue weighted by atomic mass is 28.1. The Balaban J connectivity index is 2.66. The van der Waals surface area contributed by atoms with Gasteiger partial charge in [0.05, 0.1) is 10.2 Å². The number of benzene rings is 2. The molecule has 0 aliphatic rings. The molecule has 2 aromatic carbocycles. The molecule has 0 spiro atoms. The number of nitrogens with one attached hydrogen (secondary N) is 1. The molecule has 3 aromatic rings. The minimum Gasteiger partial charge on any atom is -0.355 e. The quantitative estimate of drug-likeness (QED) is 0.546. The number of aromatic amines is 1. The van der Waals surface area contributed by atoms with E-state index in [0.29, 0.717) is 0 Å². The van der Waals surface area contributed by atoms with Gasteiger partial charge in [-0.1, -0.05) is 30.3 Å². The molecule has 0 saturated carbocycles. The summed E-state index contributed by atoms with van der Waals surface area (Å²) in [5.74, 6) is 0. The third-order valence-corrected chi connectivity index (χ3v) is 3.29. The van der Waals surface area contributed by atoms with Crippen LogP contribution in [0.5, 0.6) is 0 Å². The molecule has 2 heteroatoms. The van der Waals surface area contributed by atoms with Crippen molar-refractivity contribution in [3.8, 4) is 0 Å². The standard InChI is InChI=1S/C13H10NSi/c1-8-6-7-11(15)13-12(8)9-4-2-3-5-10(9)14-13/h2-7,14H,1H3. The van der Waals surface area contributed by atoms with Crippen LogP contribution in [0, 0.1) is 6.92 Å². The first-order valence-corrected chi connectivity index (χ1v) is 5.49. The molecule has 0 aliphatic carbocycles. The number of hydrogen-bond acceptors (Lipinski definition) is 0. The second kappa shape index (κ2) is 2.97. The summed E-state index contributed by atoms with van der Waals surface area (Å²) >= 11 is 0. The maximum Gasteiger partial charge on any atom is 0.0741 e. The molecule has 0 fully saturated rings. The van der Waals surface area contributed by atoms with Crippen LogP contribution in [0.15, 0.2) is 36.4 Å². The lowest BCUT2D eigenvalue weighted by Gasteiger charge is -1.99. The van der Waals surface area contributed by atoms with Gasteiger partial charge in [0, 0.05) is 21.8 Å². The fourth-order valence-corrected chi connectivity index (χ4v) is 2.40. The van der Waals surface area contributed by atoms with E-state index in [1.807, 2.05) is 0 Å². The van der Waals surface area contributed by atoms with E-state index in [0.717, 1.165) is 5.19 Å². The van der Waals surface area contributed by atoms with Gasteiger partial charge in [-0.3, -0.25) is 0 Å². The van der Waals surface area contributed by atoms with Gasteiger partial charge >= 0.3 is 0 Å². The van der Waals surface area contributed by atoms with Crippen LogP contribution < -0.4 is 5.19 Å². The van der Waals surface area contributed by atoms with Crippen LogP contribution in [-0.2, 0) is 0 Å². The van der Waals surface area contributed by atoms with E-state index >= 15 is 0 Å². The van der Waals surface area contributed by atoms with E-state index in [4.69, 9.17) is 0 Å². The van der Waals surface area contributed by atoms with Crippen LogP contribution in [-0.4, -0.2) is 15.2 Å². The van der Waals surface area contributed by atoms with E-state index in [1.54, 1.807) is 0 Å². The zero-order chi connectivity index (χ0) is 10.4. The Labute approximate surface area is 91.5 Å². The van der Waals surface area contributed by atoms with Crippen LogP contribution in [0.3, 0.4) is 0 Å². The second-order valence-corrected chi connectivity index (χ2v) is 4.39. The average molecular weight is 208 g/mol. The molecule has 1 heterocycles. The van der Waals surface area contributed by atoms with E-state index in [1.165, 1.54) is 27.4 Å². The highest BCUT2D eigenvalue weighted by Gasteiger charge is 2.07. The van der Waals surface area contributed by atoms with Gasteiger partial charge in [-0.15, -0.1) is 0 Å². The monoisotopic (exact) mass is 208 g/mol. The van der Waals surface area contributed by atoms with E-state index in [2.05, 4.69) is 58.5 Å². The predicted octanol–water partition coefficient (Wildman–Crippen LogP) is 2.42. The van der Waals surface area contributed by atoms with Crippen molar-refractivity contribution in [3.63, 3.8) is 0 Å². The summed E-state index contributed by atoms with van der Waals surface area (Å²) in [5, 5.41) is 3.73. The van der Waals surface area contributed by atoms with Gasteiger partial charge in [-0.2, -0.15) is 0 Å². The summed E-state index contributed by atoms with van der Waals surface area (Å²) in [4.78, 5) is 3.44. The molecular formula is C13H10NSi. The molecule has 0 amide bonds. The Morgan fingerprint density at radius 1 is 1.07 bits per heavy atom. The van der Waals surface area contributed by atoms with Gasteiger partial charge in [0.2, 0.25) is 0 Å². The summed E-state index contributed by atoms with van der Waals surface area (Å²) in [6.45, 7) is 2.15. The molecular weight excluding hydrogens is 198 g/mol. The summed E-state index contributed by atoms with van der Waals surface area (Å²) < 4.78 is 0. The summed E-state index contributed by atoms with van der Waals surface area (Å²) in [6, 6.07) is 12.6. The average Bonchev–Trinajstić information content (AvgIpc) is 2.64. The first kappa shape index (κ1) is 8.74. The molecule has 1 N–H and O–H groups in total. The van der Waals surface area contributed by atoms with Crippen molar-refractivity contribution < 1.29 is 0 Å². The molecule has 0 aliphatic heterocycles. The maximum absolute atomic E-state index is 3.63. The topological polar surface area (TPSA) is 15.8 Å². The smallest absolute Gasteiger partial charge is 0.0741 e. The molecule has 3 radical (unpaired) electrons. The Hall–Kier alpha value is -1.54. The van der Waals surface area contributed by atoms with Gasteiger partial charge in [0.25, 0.3) is 0 Å². The van der Waals surface area contributed by atoms with E-state index in [9.17, 15) is 0 Å². The number of aryl methyl sites for hydroxylation is 1. The van der Waals surface area contributed by atoms with Crippen molar-refractivity contribution in [1.29, 1.82) is 0 Å². The van der Waals surface area contributed by atoms with Crippen molar-refractivity contribution in [3.05, 3.63) is 42.0 Å². The van der Waals surface area contributed by atoms with Crippen molar-refractivity contribution in [1.82, 2.24) is 4.98 Å². The number of para-hydroxylation sites is 1. The Bertz CT molecular complexity index is 652. The zero-order valence-electron chi connectivity index (χ0n) is 8.46. The minimum atomic E-state index is 1.12. The fourth-order valence-electron chi connectivity index (χ4n) is 2.13. The maximum atomic E-state index is 3.63. The second-order valence-electron chi connectivity index (χ2n) is 3.85. The molecule has 15 heavy (non-hydrogen) atoms. The number of H-pyrrole nitrogens is 1. The molecule has 0 bridgehead atoms. The summed E-state index contributed by atoms with van der Waals surface area (Å²) in [6.07, 6.45) is 0. The molecule has 3 rings (SSSR count). The summed E-state index contributed by atoms with van der Waals surface area (Å²) in [7, 11) is 3.63. The minimum absolute atomic E-state index is 1.12. The lowest BCUT2D eigenvalue weighted by Crippen LogP contribution is -2.03. The highest BCUT2D eigenvalue weighted by molar-refractivity contribution is 6.39. The van der Waals surface area contributed by atoms with Crippen LogP contribution in [0.4, 0.5) is 0 Å². The van der Waals surface area contributed by atoms with Gasteiger partial charge < -0.3 is 4.98 Å². The number of rotatable bonds is 0. The third-order valence-electron chi connectivity index (χ3n) is 2.87. The van der Waals surface area contributed by atoms with Crippen LogP contribution in [0.25, 0.3) is 21.8 Å². The molecule has 0 unspecified atom stereocenters. The van der Waals surface area contributed by atoms with Gasteiger partial charge in [-0.25, -0.2) is 0 Å². The molecule has 1 aromatic heterocycles. The van der Waals surface area contributed by atoms with E-state index in [-0.39, 0.29) is 0 Å². The summed E-state index contributed by atoms with van der Waals surface area (Å²) in [5.41, 5.74) is 3.69. The van der Waals surface area contributed by atoms with Gasteiger partial charge in [0.1, 0.15) is 0 Å².